The van der Waals surface area contributed by atoms with Crippen LogP contribution in [0.2, 0.25) is 0 Å². The van der Waals surface area contributed by atoms with E-state index in [2.05, 4.69) is 10.6 Å². The Morgan fingerprint density at radius 3 is 2.53 bits per heavy atom. The lowest BCUT2D eigenvalue weighted by Gasteiger charge is -2.26. The Morgan fingerprint density at radius 2 is 1.77 bits per heavy atom. The zero-order valence-electron chi connectivity index (χ0n) is 17.4. The minimum atomic E-state index is -3.78. The zero-order valence-corrected chi connectivity index (χ0v) is 18.2. The molecule has 2 amide bonds. The molecule has 1 atom stereocenters. The van der Waals surface area contributed by atoms with Gasteiger partial charge in [-0.15, -0.1) is 0 Å². The molecular formula is C22H31N3O4S. The van der Waals surface area contributed by atoms with Gasteiger partial charge in [0.1, 0.15) is 6.04 Å². The van der Waals surface area contributed by atoms with Gasteiger partial charge in [-0.2, -0.15) is 4.31 Å². The van der Waals surface area contributed by atoms with E-state index in [9.17, 15) is 18.0 Å². The molecule has 2 aliphatic heterocycles. The van der Waals surface area contributed by atoms with E-state index < -0.39 is 16.1 Å². The number of carbonyl (C=O) groups excluding carboxylic acids is 2. The van der Waals surface area contributed by atoms with Crippen molar-refractivity contribution in [2.45, 2.75) is 87.6 Å². The molecule has 7 nitrogen and oxygen atoms in total. The van der Waals surface area contributed by atoms with Crippen molar-refractivity contribution in [3.8, 4) is 0 Å². The number of carbonyl (C=O) groups is 2. The summed E-state index contributed by atoms with van der Waals surface area (Å²) in [6.45, 7) is 0.360. The van der Waals surface area contributed by atoms with Crippen LogP contribution in [0, 0.1) is 0 Å². The fourth-order valence-electron chi connectivity index (χ4n) is 4.86. The van der Waals surface area contributed by atoms with Gasteiger partial charge >= 0.3 is 0 Å². The molecular weight excluding hydrogens is 402 g/mol. The van der Waals surface area contributed by atoms with Gasteiger partial charge in [0.2, 0.25) is 21.8 Å². The van der Waals surface area contributed by atoms with Crippen molar-refractivity contribution in [1.82, 2.24) is 9.62 Å². The van der Waals surface area contributed by atoms with Crippen LogP contribution in [-0.4, -0.2) is 43.2 Å². The number of sulfonamides is 1. The van der Waals surface area contributed by atoms with Crippen molar-refractivity contribution in [3.63, 3.8) is 0 Å². The number of rotatable bonds is 4. The second-order valence-corrected chi connectivity index (χ2v) is 10.6. The molecule has 1 saturated carbocycles. The highest BCUT2D eigenvalue weighted by Gasteiger charge is 2.40. The Labute approximate surface area is 178 Å². The maximum Gasteiger partial charge on any atom is 0.243 e. The first-order chi connectivity index (χ1) is 14.4. The molecule has 164 valence electrons. The molecule has 1 aromatic carbocycles. The van der Waals surface area contributed by atoms with Crippen LogP contribution in [0.15, 0.2) is 23.1 Å². The number of nitrogens with zero attached hydrogens (tertiary/aromatic N) is 1. The van der Waals surface area contributed by atoms with E-state index in [1.165, 1.54) is 17.1 Å². The average Bonchev–Trinajstić information content (AvgIpc) is 2.98. The maximum absolute atomic E-state index is 13.4. The highest BCUT2D eigenvalue weighted by atomic mass is 32.2. The number of hydrogen-bond donors (Lipinski definition) is 2. The minimum absolute atomic E-state index is 0.0425. The number of benzene rings is 1. The smallest absolute Gasteiger partial charge is 0.243 e. The Balaban J connectivity index is 1.52. The van der Waals surface area contributed by atoms with E-state index in [0.29, 0.717) is 44.3 Å². The van der Waals surface area contributed by atoms with Crippen LogP contribution in [0.3, 0.4) is 0 Å². The molecule has 4 rings (SSSR count). The fourth-order valence-corrected chi connectivity index (χ4v) is 6.57. The van der Waals surface area contributed by atoms with Crippen LogP contribution in [-0.2, 0) is 26.0 Å². The molecule has 1 aromatic rings. The third kappa shape index (κ3) is 4.54. The fraction of sp³-hybridized carbons (Fsp3) is 0.636. The van der Waals surface area contributed by atoms with Crippen LogP contribution >= 0.6 is 0 Å². The van der Waals surface area contributed by atoms with E-state index in [-0.39, 0.29) is 22.8 Å². The second-order valence-electron chi connectivity index (χ2n) is 8.69. The standard InChI is InChI=1S/C22H31N3O4S/c26-21-11-5-7-16-15-18(12-13-19(16)24-21)30(28,29)25-14-6-10-20(25)22(27)23-17-8-3-1-2-4-9-17/h12-13,15,17,20H,1-11,14H2,(H,23,27)(H,24,26). The van der Waals surface area contributed by atoms with Gasteiger partial charge in [0, 0.05) is 24.7 Å². The van der Waals surface area contributed by atoms with Crippen molar-refractivity contribution in [1.29, 1.82) is 0 Å². The Bertz CT molecular complexity index is 907. The van der Waals surface area contributed by atoms with Gasteiger partial charge in [-0.3, -0.25) is 9.59 Å². The summed E-state index contributed by atoms with van der Waals surface area (Å²) >= 11 is 0. The first-order valence-electron chi connectivity index (χ1n) is 11.2. The van der Waals surface area contributed by atoms with E-state index in [4.69, 9.17) is 0 Å². The Hall–Kier alpha value is -1.93. The lowest BCUT2D eigenvalue weighted by Crippen LogP contribution is -2.48. The van der Waals surface area contributed by atoms with Gasteiger partial charge in [-0.25, -0.2) is 8.42 Å². The molecule has 0 radical (unpaired) electrons. The van der Waals surface area contributed by atoms with Gasteiger partial charge in [-0.05, 0) is 62.3 Å². The maximum atomic E-state index is 13.4. The summed E-state index contributed by atoms with van der Waals surface area (Å²) < 4.78 is 28.2. The van der Waals surface area contributed by atoms with Gasteiger partial charge in [0.25, 0.3) is 0 Å². The van der Waals surface area contributed by atoms with Gasteiger partial charge < -0.3 is 10.6 Å². The van der Waals surface area contributed by atoms with Crippen molar-refractivity contribution < 1.29 is 18.0 Å². The summed E-state index contributed by atoms with van der Waals surface area (Å²) in [5.74, 6) is -0.204. The van der Waals surface area contributed by atoms with Gasteiger partial charge in [0.05, 0.1) is 4.90 Å². The lowest BCUT2D eigenvalue weighted by molar-refractivity contribution is -0.125. The van der Waals surface area contributed by atoms with Crippen molar-refractivity contribution in [2.75, 3.05) is 11.9 Å². The average molecular weight is 434 g/mol. The quantitative estimate of drug-likeness (QED) is 0.714. The predicted octanol–water partition coefficient (Wildman–Crippen LogP) is 2.95. The molecule has 0 spiro atoms. The van der Waals surface area contributed by atoms with E-state index in [0.717, 1.165) is 31.2 Å². The summed E-state index contributed by atoms with van der Waals surface area (Å²) in [5, 5.41) is 5.96. The van der Waals surface area contributed by atoms with Gasteiger partial charge in [0.15, 0.2) is 0 Å². The molecule has 2 heterocycles. The molecule has 2 fully saturated rings. The highest BCUT2D eigenvalue weighted by molar-refractivity contribution is 7.89. The van der Waals surface area contributed by atoms with Crippen LogP contribution < -0.4 is 10.6 Å². The summed E-state index contributed by atoms with van der Waals surface area (Å²) in [4.78, 5) is 24.9. The molecule has 2 N–H and O–H groups in total. The summed E-state index contributed by atoms with van der Waals surface area (Å²) in [7, 11) is -3.78. The van der Waals surface area contributed by atoms with Crippen LogP contribution in [0.4, 0.5) is 5.69 Å². The lowest BCUT2D eigenvalue weighted by atomic mass is 10.1. The van der Waals surface area contributed by atoms with Crippen molar-refractivity contribution in [2.24, 2.45) is 0 Å². The highest BCUT2D eigenvalue weighted by Crippen LogP contribution is 2.30. The number of nitrogens with one attached hydrogen (secondary N) is 2. The molecule has 30 heavy (non-hydrogen) atoms. The van der Waals surface area contributed by atoms with E-state index in [1.807, 2.05) is 0 Å². The third-order valence-electron chi connectivity index (χ3n) is 6.52. The second kappa shape index (κ2) is 9.06. The molecule has 8 heteroatoms. The third-order valence-corrected chi connectivity index (χ3v) is 8.42. The minimum Gasteiger partial charge on any atom is -0.352 e. The largest absolute Gasteiger partial charge is 0.352 e. The topological polar surface area (TPSA) is 95.6 Å². The van der Waals surface area contributed by atoms with E-state index in [1.54, 1.807) is 18.2 Å². The number of fused-ring (bicyclic) bond motifs is 1. The summed E-state index contributed by atoms with van der Waals surface area (Å²) in [6.07, 6.45) is 9.61. The number of aryl methyl sites for hydroxylation is 1. The van der Waals surface area contributed by atoms with Crippen molar-refractivity contribution in [3.05, 3.63) is 23.8 Å². The number of amides is 2. The molecule has 1 aliphatic carbocycles. The van der Waals surface area contributed by atoms with E-state index >= 15 is 0 Å². The van der Waals surface area contributed by atoms with Crippen molar-refractivity contribution >= 4 is 27.5 Å². The van der Waals surface area contributed by atoms with Crippen LogP contribution in [0.5, 0.6) is 0 Å². The monoisotopic (exact) mass is 433 g/mol. The molecule has 0 bridgehead atoms. The first-order valence-corrected chi connectivity index (χ1v) is 12.6. The normalized spacial score (nSPS) is 23.9. The van der Waals surface area contributed by atoms with Crippen LogP contribution in [0.25, 0.3) is 0 Å². The zero-order chi connectivity index (χ0) is 21.1. The first kappa shape index (κ1) is 21.3. The SMILES string of the molecule is O=C1CCCc2cc(S(=O)(=O)N3CCCC3C(=O)NC3CCCCCC3)ccc2N1. The molecule has 1 saturated heterocycles. The predicted molar refractivity (Wildman–Crippen MR) is 115 cm³/mol. The number of anilines is 1. The summed E-state index contributed by atoms with van der Waals surface area (Å²) in [5.41, 5.74) is 1.51. The van der Waals surface area contributed by atoms with Gasteiger partial charge in [-0.1, -0.05) is 25.7 Å². The molecule has 0 aromatic heterocycles. The summed E-state index contributed by atoms with van der Waals surface area (Å²) in [6, 6.07) is 4.38. The molecule has 1 unspecified atom stereocenters. The Morgan fingerprint density at radius 1 is 1.00 bits per heavy atom. The molecule has 3 aliphatic rings. The Kier molecular flexibility index (Phi) is 6.43. The van der Waals surface area contributed by atoms with Crippen LogP contribution in [0.1, 0.15) is 69.8 Å². The number of hydrogen-bond acceptors (Lipinski definition) is 4.